The number of piperidine rings is 1. The molecule has 1 fully saturated rings. The summed E-state index contributed by atoms with van der Waals surface area (Å²) >= 11 is 0. The summed E-state index contributed by atoms with van der Waals surface area (Å²) < 4.78 is 14.1. The lowest BCUT2D eigenvalue weighted by molar-refractivity contribution is -0.117. The fourth-order valence-corrected chi connectivity index (χ4v) is 4.08. The molecule has 4 rings (SSSR count). The highest BCUT2D eigenvalue weighted by Crippen LogP contribution is 2.39. The SMILES string of the molecule is CC(=O)CCN1CCC(=C2c3ccccc3C=Cc3ccc(F)cc32)CC1. The molecule has 2 aromatic rings. The first kappa shape index (κ1) is 17.9. The second-order valence-corrected chi connectivity index (χ2v) is 7.42. The van der Waals surface area contributed by atoms with Gasteiger partial charge in [-0.15, -0.1) is 0 Å². The van der Waals surface area contributed by atoms with Crippen LogP contribution in [0.1, 0.15) is 48.4 Å². The number of carbonyl (C=O) groups excluding carboxylic acids is 1. The number of Topliss-reactive ketones (excluding diaryl/α,β-unsaturated/α-hetero) is 1. The van der Waals surface area contributed by atoms with Crippen molar-refractivity contribution in [3.8, 4) is 0 Å². The first-order chi connectivity index (χ1) is 13.1. The smallest absolute Gasteiger partial charge is 0.131 e. The van der Waals surface area contributed by atoms with Crippen molar-refractivity contribution < 1.29 is 9.18 Å². The molecule has 1 heterocycles. The molecule has 0 spiro atoms. The summed E-state index contributed by atoms with van der Waals surface area (Å²) in [5.41, 5.74) is 6.99. The van der Waals surface area contributed by atoms with Crippen LogP contribution in [0.3, 0.4) is 0 Å². The molecule has 0 bridgehead atoms. The van der Waals surface area contributed by atoms with Gasteiger partial charge in [-0.1, -0.05) is 48.1 Å². The molecule has 2 nitrogen and oxygen atoms in total. The van der Waals surface area contributed by atoms with E-state index >= 15 is 0 Å². The number of fused-ring (bicyclic) bond motifs is 2. The lowest BCUT2D eigenvalue weighted by Crippen LogP contribution is -2.32. The molecule has 138 valence electrons. The average Bonchev–Trinajstić information content (AvgIpc) is 2.83. The number of ketones is 1. The highest BCUT2D eigenvalue weighted by Gasteiger charge is 2.23. The highest BCUT2D eigenvalue weighted by molar-refractivity contribution is 5.95. The summed E-state index contributed by atoms with van der Waals surface area (Å²) in [6.07, 6.45) is 6.74. The molecule has 1 aliphatic heterocycles. The first-order valence-corrected chi connectivity index (χ1v) is 9.63. The van der Waals surface area contributed by atoms with Gasteiger partial charge in [0.1, 0.15) is 11.6 Å². The van der Waals surface area contributed by atoms with Crippen LogP contribution in [0.25, 0.3) is 17.7 Å². The van der Waals surface area contributed by atoms with Crippen LogP contribution >= 0.6 is 0 Å². The maximum Gasteiger partial charge on any atom is 0.131 e. The van der Waals surface area contributed by atoms with Crippen molar-refractivity contribution in [3.63, 3.8) is 0 Å². The van der Waals surface area contributed by atoms with Crippen molar-refractivity contribution in [2.45, 2.75) is 26.2 Å². The van der Waals surface area contributed by atoms with Gasteiger partial charge in [0.15, 0.2) is 0 Å². The highest BCUT2D eigenvalue weighted by atomic mass is 19.1. The topological polar surface area (TPSA) is 20.3 Å². The van der Waals surface area contributed by atoms with Gasteiger partial charge in [-0.2, -0.15) is 0 Å². The number of benzene rings is 2. The normalized spacial score (nSPS) is 16.7. The molecule has 0 atom stereocenters. The van der Waals surface area contributed by atoms with Crippen molar-refractivity contribution in [1.82, 2.24) is 4.90 Å². The Morgan fingerprint density at radius 2 is 1.70 bits per heavy atom. The average molecular weight is 361 g/mol. The predicted octanol–water partition coefficient (Wildman–Crippen LogP) is 5.19. The summed E-state index contributed by atoms with van der Waals surface area (Å²) in [4.78, 5) is 13.6. The number of hydrogen-bond acceptors (Lipinski definition) is 2. The number of carbonyl (C=O) groups is 1. The van der Waals surface area contributed by atoms with Crippen molar-refractivity contribution in [1.29, 1.82) is 0 Å². The van der Waals surface area contributed by atoms with Gasteiger partial charge in [0.2, 0.25) is 0 Å². The molecule has 27 heavy (non-hydrogen) atoms. The minimum Gasteiger partial charge on any atom is -0.302 e. The second-order valence-electron chi connectivity index (χ2n) is 7.42. The van der Waals surface area contributed by atoms with Crippen LogP contribution in [0.15, 0.2) is 48.0 Å². The molecule has 1 aliphatic carbocycles. The number of halogens is 1. The van der Waals surface area contributed by atoms with E-state index in [4.69, 9.17) is 0 Å². The van der Waals surface area contributed by atoms with Gasteiger partial charge in [-0.25, -0.2) is 4.39 Å². The standard InChI is InChI=1S/C24H24FNO/c1-17(27)10-13-26-14-11-20(12-15-26)24-22-5-3-2-4-18(22)6-7-19-8-9-21(25)16-23(19)24/h2-9,16H,10-15H2,1H3. The van der Waals surface area contributed by atoms with Gasteiger partial charge < -0.3 is 4.90 Å². The molecule has 2 aromatic carbocycles. The third-order valence-corrected chi connectivity index (χ3v) is 5.55. The summed E-state index contributed by atoms with van der Waals surface area (Å²) in [5.74, 6) is 0.0471. The Morgan fingerprint density at radius 1 is 1.00 bits per heavy atom. The lowest BCUT2D eigenvalue weighted by atomic mass is 9.86. The first-order valence-electron chi connectivity index (χ1n) is 9.63. The maximum atomic E-state index is 14.1. The maximum absolute atomic E-state index is 14.1. The molecule has 0 radical (unpaired) electrons. The van der Waals surface area contributed by atoms with Gasteiger partial charge in [-0.3, -0.25) is 4.79 Å². The quantitative estimate of drug-likeness (QED) is 0.640. The Morgan fingerprint density at radius 3 is 2.44 bits per heavy atom. The summed E-state index contributed by atoms with van der Waals surface area (Å²) in [6, 6.07) is 13.4. The molecule has 1 saturated heterocycles. The van der Waals surface area contributed by atoms with Gasteiger partial charge in [0, 0.05) is 26.1 Å². The van der Waals surface area contributed by atoms with E-state index in [0.717, 1.165) is 43.6 Å². The lowest BCUT2D eigenvalue weighted by Gasteiger charge is -2.30. The molecule has 0 aromatic heterocycles. The number of hydrogen-bond donors (Lipinski definition) is 0. The molecule has 3 heteroatoms. The molecule has 0 unspecified atom stereocenters. The zero-order valence-corrected chi connectivity index (χ0v) is 15.7. The number of likely N-dealkylation sites (tertiary alicyclic amines) is 1. The minimum atomic E-state index is -0.196. The predicted molar refractivity (Wildman–Crippen MR) is 109 cm³/mol. The second kappa shape index (κ2) is 7.61. The van der Waals surface area contributed by atoms with Crippen molar-refractivity contribution in [2.75, 3.05) is 19.6 Å². The van der Waals surface area contributed by atoms with Crippen molar-refractivity contribution >= 4 is 23.5 Å². The largest absolute Gasteiger partial charge is 0.302 e. The third-order valence-electron chi connectivity index (χ3n) is 5.55. The van der Waals surface area contributed by atoms with Gasteiger partial charge in [-0.05, 0) is 59.7 Å². The molecule has 0 amide bonds. The van der Waals surface area contributed by atoms with E-state index in [1.165, 1.54) is 28.3 Å². The number of rotatable bonds is 3. The third kappa shape index (κ3) is 3.79. The fourth-order valence-electron chi connectivity index (χ4n) is 4.08. The monoisotopic (exact) mass is 361 g/mol. The van der Waals surface area contributed by atoms with Crippen LogP contribution in [-0.2, 0) is 4.79 Å². The molecule has 2 aliphatic rings. The zero-order valence-electron chi connectivity index (χ0n) is 15.7. The van der Waals surface area contributed by atoms with Crippen LogP contribution in [0.5, 0.6) is 0 Å². The van der Waals surface area contributed by atoms with E-state index in [-0.39, 0.29) is 11.6 Å². The van der Waals surface area contributed by atoms with E-state index in [1.54, 1.807) is 13.0 Å². The molecule has 0 saturated carbocycles. The van der Waals surface area contributed by atoms with E-state index in [2.05, 4.69) is 35.3 Å². The van der Waals surface area contributed by atoms with Crippen LogP contribution in [0.2, 0.25) is 0 Å². The molecular weight excluding hydrogens is 337 g/mol. The Hall–Kier alpha value is -2.52. The summed E-state index contributed by atoms with van der Waals surface area (Å²) in [7, 11) is 0. The Bertz CT molecular complexity index is 931. The summed E-state index contributed by atoms with van der Waals surface area (Å²) in [5, 5.41) is 0. The van der Waals surface area contributed by atoms with E-state index in [0.29, 0.717) is 6.42 Å². The van der Waals surface area contributed by atoms with Crippen molar-refractivity contribution in [3.05, 3.63) is 76.1 Å². The van der Waals surface area contributed by atoms with Gasteiger partial charge in [0.25, 0.3) is 0 Å². The van der Waals surface area contributed by atoms with Crippen LogP contribution in [0.4, 0.5) is 4.39 Å². The van der Waals surface area contributed by atoms with Crippen LogP contribution in [-0.4, -0.2) is 30.3 Å². The minimum absolute atomic E-state index is 0.196. The Labute approximate surface area is 160 Å². The van der Waals surface area contributed by atoms with Gasteiger partial charge in [0.05, 0.1) is 0 Å². The Balaban J connectivity index is 1.74. The van der Waals surface area contributed by atoms with Crippen LogP contribution in [0, 0.1) is 5.82 Å². The zero-order chi connectivity index (χ0) is 18.8. The molecular formula is C24H24FNO. The van der Waals surface area contributed by atoms with E-state index < -0.39 is 0 Å². The summed E-state index contributed by atoms with van der Waals surface area (Å²) in [6.45, 7) is 4.39. The van der Waals surface area contributed by atoms with Crippen LogP contribution < -0.4 is 0 Å². The fraction of sp³-hybridized carbons (Fsp3) is 0.292. The molecule has 0 N–H and O–H groups in total. The van der Waals surface area contributed by atoms with E-state index in [1.807, 2.05) is 12.1 Å². The number of nitrogens with zero attached hydrogens (tertiary/aromatic N) is 1. The van der Waals surface area contributed by atoms with Crippen molar-refractivity contribution in [2.24, 2.45) is 0 Å². The van der Waals surface area contributed by atoms with E-state index in [9.17, 15) is 9.18 Å². The van der Waals surface area contributed by atoms with Gasteiger partial charge >= 0.3 is 0 Å². The Kier molecular flexibility index (Phi) is 5.04.